The largest absolute Gasteiger partial charge is 0.265 e. The van der Waals surface area contributed by atoms with Gasteiger partial charge in [0.15, 0.2) is 0 Å². The molecule has 1 aromatic heterocycles. The van der Waals surface area contributed by atoms with Gasteiger partial charge in [0, 0.05) is 5.56 Å². The van der Waals surface area contributed by atoms with Gasteiger partial charge in [-0.25, -0.2) is 13.8 Å². The number of alkyl halides is 2. The maximum atomic E-state index is 12.3. The fourth-order valence-electron chi connectivity index (χ4n) is 0.784. The molecule has 0 saturated heterocycles. The molecule has 68 valence electrons. The van der Waals surface area contributed by atoms with Gasteiger partial charge in [-0.15, -0.1) is 0 Å². The van der Waals surface area contributed by atoms with Crippen molar-refractivity contribution < 1.29 is 8.78 Å². The highest BCUT2D eigenvalue weighted by molar-refractivity contribution is 14.1. The molecule has 0 aliphatic heterocycles. The maximum absolute atomic E-state index is 12.3. The fourth-order valence-corrected chi connectivity index (χ4v) is 1.75. The Morgan fingerprint density at radius 1 is 1.62 bits per heavy atom. The zero-order chi connectivity index (χ0) is 10.0. The number of nitrogens with zero attached hydrogens (tertiary/aromatic N) is 2. The van der Waals surface area contributed by atoms with E-state index in [0.717, 1.165) is 6.07 Å². The van der Waals surface area contributed by atoms with E-state index in [1.54, 1.807) is 28.7 Å². The Morgan fingerprint density at radius 3 is 2.69 bits per heavy atom. The van der Waals surface area contributed by atoms with Crippen LogP contribution in [0.3, 0.4) is 0 Å². The first-order valence-electron chi connectivity index (χ1n) is 3.10. The van der Waals surface area contributed by atoms with Crippen molar-refractivity contribution >= 4 is 34.2 Å². The summed E-state index contributed by atoms with van der Waals surface area (Å²) in [5, 5.41) is 8.35. The summed E-state index contributed by atoms with van der Waals surface area (Å²) in [6, 6.07) is 2.74. The molecule has 0 N–H and O–H groups in total. The van der Waals surface area contributed by atoms with Gasteiger partial charge in [-0.2, -0.15) is 5.26 Å². The van der Waals surface area contributed by atoms with Crippen LogP contribution in [0.25, 0.3) is 0 Å². The third-order valence-electron chi connectivity index (χ3n) is 1.32. The molecular weight excluding hydrogens is 312 g/mol. The molecule has 0 atom stereocenters. The zero-order valence-electron chi connectivity index (χ0n) is 6.06. The molecule has 0 amide bonds. The summed E-state index contributed by atoms with van der Waals surface area (Å²) in [6.07, 6.45) is -2.70. The number of halogens is 4. The minimum absolute atomic E-state index is 0.176. The Kier molecular flexibility index (Phi) is 3.39. The standard InChI is InChI=1S/C7H2ClF2IN2/c8-6-4(2-12)3(7(9)10)1-5(11)13-6/h1,7H. The van der Waals surface area contributed by atoms with Gasteiger partial charge in [-0.1, -0.05) is 11.6 Å². The Balaban J connectivity index is 3.41. The molecule has 0 aromatic carbocycles. The van der Waals surface area contributed by atoms with E-state index < -0.39 is 6.43 Å². The molecular formula is C7H2ClF2IN2. The van der Waals surface area contributed by atoms with Crippen LogP contribution in [0.2, 0.25) is 5.15 Å². The number of aromatic nitrogens is 1. The maximum Gasteiger partial charge on any atom is 0.265 e. The minimum atomic E-state index is -2.70. The number of hydrogen-bond acceptors (Lipinski definition) is 2. The summed E-state index contributed by atoms with van der Waals surface area (Å²) in [6.45, 7) is 0. The molecule has 0 unspecified atom stereocenters. The molecule has 0 bridgehead atoms. The Hall–Kier alpha value is -0.480. The van der Waals surface area contributed by atoms with E-state index in [4.69, 9.17) is 16.9 Å². The Labute approximate surface area is 91.7 Å². The van der Waals surface area contributed by atoms with Crippen LogP contribution >= 0.6 is 34.2 Å². The Morgan fingerprint density at radius 2 is 2.23 bits per heavy atom. The lowest BCUT2D eigenvalue weighted by atomic mass is 10.2. The van der Waals surface area contributed by atoms with E-state index in [0.29, 0.717) is 3.70 Å². The normalized spacial score (nSPS) is 10.2. The number of hydrogen-bond donors (Lipinski definition) is 0. The van der Waals surface area contributed by atoms with Crippen LogP contribution in [0, 0.1) is 15.0 Å². The topological polar surface area (TPSA) is 36.7 Å². The average Bonchev–Trinajstić information content (AvgIpc) is 2.02. The van der Waals surface area contributed by atoms with E-state index in [9.17, 15) is 8.78 Å². The van der Waals surface area contributed by atoms with Crippen molar-refractivity contribution in [2.24, 2.45) is 0 Å². The van der Waals surface area contributed by atoms with E-state index >= 15 is 0 Å². The second kappa shape index (κ2) is 4.15. The predicted molar refractivity (Wildman–Crippen MR) is 51.6 cm³/mol. The number of nitriles is 1. The van der Waals surface area contributed by atoms with Crippen LogP contribution in [-0.4, -0.2) is 4.98 Å². The molecule has 6 heteroatoms. The third kappa shape index (κ3) is 2.25. The lowest BCUT2D eigenvalue weighted by Gasteiger charge is -2.03. The van der Waals surface area contributed by atoms with Crippen molar-refractivity contribution in [2.75, 3.05) is 0 Å². The quantitative estimate of drug-likeness (QED) is 0.590. The predicted octanol–water partition coefficient (Wildman–Crippen LogP) is 3.15. The van der Waals surface area contributed by atoms with E-state index in [-0.39, 0.29) is 16.3 Å². The van der Waals surface area contributed by atoms with Gasteiger partial charge in [-0.05, 0) is 28.7 Å². The van der Waals surface area contributed by atoms with Gasteiger partial charge >= 0.3 is 0 Å². The van der Waals surface area contributed by atoms with Crippen molar-refractivity contribution in [1.29, 1.82) is 5.26 Å². The highest BCUT2D eigenvalue weighted by Crippen LogP contribution is 2.27. The van der Waals surface area contributed by atoms with Crippen LogP contribution in [0.5, 0.6) is 0 Å². The molecule has 0 spiro atoms. The Bertz CT molecular complexity index is 375. The first kappa shape index (κ1) is 10.6. The van der Waals surface area contributed by atoms with E-state index in [1.807, 2.05) is 0 Å². The molecule has 0 radical (unpaired) electrons. The molecule has 0 aliphatic rings. The van der Waals surface area contributed by atoms with Crippen LogP contribution in [-0.2, 0) is 0 Å². The van der Waals surface area contributed by atoms with Crippen molar-refractivity contribution in [2.45, 2.75) is 6.43 Å². The van der Waals surface area contributed by atoms with Crippen LogP contribution in [0.1, 0.15) is 17.6 Å². The SMILES string of the molecule is N#Cc1c(C(F)F)cc(I)nc1Cl. The van der Waals surface area contributed by atoms with Gasteiger partial charge < -0.3 is 0 Å². The molecule has 0 aliphatic carbocycles. The summed E-state index contributed by atoms with van der Waals surface area (Å²) in [4.78, 5) is 3.68. The molecule has 2 nitrogen and oxygen atoms in total. The molecule has 0 saturated carbocycles. The monoisotopic (exact) mass is 314 g/mol. The van der Waals surface area contributed by atoms with Gasteiger partial charge in [-0.3, -0.25) is 0 Å². The second-order valence-electron chi connectivity index (χ2n) is 2.11. The molecule has 0 fully saturated rings. The van der Waals surface area contributed by atoms with Crippen molar-refractivity contribution in [3.05, 3.63) is 26.0 Å². The van der Waals surface area contributed by atoms with Crippen molar-refractivity contribution in [3.8, 4) is 6.07 Å². The summed E-state index contributed by atoms with van der Waals surface area (Å²) in [5.41, 5.74) is -0.621. The highest BCUT2D eigenvalue weighted by atomic mass is 127. The van der Waals surface area contributed by atoms with E-state index in [1.165, 1.54) is 0 Å². The van der Waals surface area contributed by atoms with Gasteiger partial charge in [0.05, 0.1) is 5.56 Å². The van der Waals surface area contributed by atoms with E-state index in [2.05, 4.69) is 4.98 Å². The van der Waals surface area contributed by atoms with Crippen LogP contribution in [0.15, 0.2) is 6.07 Å². The molecule has 1 aromatic rings. The van der Waals surface area contributed by atoms with Gasteiger partial charge in [0.1, 0.15) is 14.9 Å². The van der Waals surface area contributed by atoms with Crippen molar-refractivity contribution in [1.82, 2.24) is 4.98 Å². The number of rotatable bonds is 1. The van der Waals surface area contributed by atoms with Gasteiger partial charge in [0.25, 0.3) is 6.43 Å². The summed E-state index contributed by atoms with van der Waals surface area (Å²) in [5.74, 6) is 0. The van der Waals surface area contributed by atoms with Crippen molar-refractivity contribution in [3.63, 3.8) is 0 Å². The second-order valence-corrected chi connectivity index (χ2v) is 3.58. The highest BCUT2D eigenvalue weighted by Gasteiger charge is 2.17. The first-order valence-corrected chi connectivity index (χ1v) is 4.56. The van der Waals surface area contributed by atoms with Gasteiger partial charge in [0.2, 0.25) is 0 Å². The minimum Gasteiger partial charge on any atom is -0.229 e. The van der Waals surface area contributed by atoms with Crippen LogP contribution in [0.4, 0.5) is 8.78 Å². The number of pyridine rings is 1. The zero-order valence-corrected chi connectivity index (χ0v) is 8.97. The summed E-state index contributed by atoms with van der Waals surface area (Å²) in [7, 11) is 0. The average molecular weight is 314 g/mol. The fraction of sp³-hybridized carbons (Fsp3) is 0.143. The van der Waals surface area contributed by atoms with Crippen LogP contribution < -0.4 is 0 Å². The summed E-state index contributed by atoms with van der Waals surface area (Å²) >= 11 is 7.27. The third-order valence-corrected chi connectivity index (χ3v) is 2.15. The molecule has 1 heterocycles. The molecule has 1 rings (SSSR count). The first-order chi connectivity index (χ1) is 6.06. The smallest absolute Gasteiger partial charge is 0.229 e. The lowest BCUT2D eigenvalue weighted by molar-refractivity contribution is 0.151. The molecule has 13 heavy (non-hydrogen) atoms. The summed E-state index contributed by atoms with van der Waals surface area (Å²) < 4.78 is 25.0. The lowest BCUT2D eigenvalue weighted by Crippen LogP contribution is -1.96.